The zero-order valence-electron chi connectivity index (χ0n) is 9.44. The van der Waals surface area contributed by atoms with Crippen LogP contribution in [-0.4, -0.2) is 11.8 Å². The molecule has 0 aromatic heterocycles. The van der Waals surface area contributed by atoms with Gasteiger partial charge in [0.2, 0.25) is 0 Å². The first-order valence-electron chi connectivity index (χ1n) is 5.22. The number of nitrogen functional groups attached to an aromatic ring is 2. The van der Waals surface area contributed by atoms with Crippen molar-refractivity contribution in [3.05, 3.63) is 47.5 Å². The van der Waals surface area contributed by atoms with Crippen molar-refractivity contribution >= 4 is 22.6 Å². The van der Waals surface area contributed by atoms with E-state index in [1.54, 1.807) is 24.3 Å². The Labute approximate surface area is 103 Å². The van der Waals surface area contributed by atoms with E-state index in [9.17, 15) is 9.59 Å². The SMILES string of the molecule is NNC(=O)c1cc(C(=O)NN)c2ccccc2c1. The molecule has 6 heteroatoms. The molecule has 2 aromatic rings. The summed E-state index contributed by atoms with van der Waals surface area (Å²) in [5.41, 5.74) is 4.71. The minimum atomic E-state index is -0.466. The Kier molecular flexibility index (Phi) is 3.22. The molecule has 6 N–H and O–H groups in total. The Hall–Kier alpha value is -2.44. The fraction of sp³-hybridized carbons (Fsp3) is 0. The lowest BCUT2D eigenvalue weighted by Gasteiger charge is -2.08. The second-order valence-corrected chi connectivity index (χ2v) is 3.69. The van der Waals surface area contributed by atoms with E-state index in [4.69, 9.17) is 11.7 Å². The van der Waals surface area contributed by atoms with Gasteiger partial charge < -0.3 is 0 Å². The summed E-state index contributed by atoms with van der Waals surface area (Å²) in [7, 11) is 0. The van der Waals surface area contributed by atoms with E-state index in [0.717, 1.165) is 5.39 Å². The summed E-state index contributed by atoms with van der Waals surface area (Å²) in [6, 6.07) is 10.3. The lowest BCUT2D eigenvalue weighted by molar-refractivity contribution is 0.0953. The maximum absolute atomic E-state index is 11.7. The van der Waals surface area contributed by atoms with Crippen molar-refractivity contribution in [1.29, 1.82) is 0 Å². The van der Waals surface area contributed by atoms with Crippen LogP contribution < -0.4 is 22.5 Å². The maximum atomic E-state index is 11.7. The minimum absolute atomic E-state index is 0.301. The van der Waals surface area contributed by atoms with Gasteiger partial charge in [-0.25, -0.2) is 11.7 Å². The first kappa shape index (κ1) is 12.0. The van der Waals surface area contributed by atoms with Gasteiger partial charge in [0.25, 0.3) is 11.8 Å². The van der Waals surface area contributed by atoms with Gasteiger partial charge in [0, 0.05) is 11.1 Å². The predicted octanol–water partition coefficient (Wildman–Crippen LogP) is 0.0468. The van der Waals surface area contributed by atoms with E-state index in [2.05, 4.69) is 5.43 Å². The Balaban J connectivity index is 2.72. The number of hydrogen-bond donors (Lipinski definition) is 4. The lowest BCUT2D eigenvalue weighted by atomic mass is 10.00. The summed E-state index contributed by atoms with van der Waals surface area (Å²) in [6.45, 7) is 0. The van der Waals surface area contributed by atoms with Gasteiger partial charge in [0.1, 0.15) is 0 Å². The van der Waals surface area contributed by atoms with Crippen LogP contribution in [0.4, 0.5) is 0 Å². The van der Waals surface area contributed by atoms with Crippen LogP contribution in [0.25, 0.3) is 10.8 Å². The average Bonchev–Trinajstić information content (AvgIpc) is 2.44. The van der Waals surface area contributed by atoms with Crippen LogP contribution in [0.3, 0.4) is 0 Å². The van der Waals surface area contributed by atoms with Gasteiger partial charge in [-0.05, 0) is 22.9 Å². The summed E-state index contributed by atoms with van der Waals surface area (Å²) in [5, 5.41) is 1.48. The fourth-order valence-electron chi connectivity index (χ4n) is 1.79. The molecule has 0 aliphatic rings. The highest BCUT2D eigenvalue weighted by Gasteiger charge is 2.13. The standard InChI is InChI=1S/C12H12N4O2/c13-15-11(17)8-5-7-3-1-2-4-9(7)10(6-8)12(18)16-14/h1-6H,13-14H2,(H,15,17)(H,16,18). The van der Waals surface area contributed by atoms with Crippen LogP contribution in [0, 0.1) is 0 Å². The summed E-state index contributed by atoms with van der Waals surface area (Å²) in [5.74, 6) is 9.28. The van der Waals surface area contributed by atoms with Crippen molar-refractivity contribution in [2.24, 2.45) is 11.7 Å². The molecule has 0 spiro atoms. The molecule has 18 heavy (non-hydrogen) atoms. The number of nitrogens with one attached hydrogen (secondary N) is 2. The van der Waals surface area contributed by atoms with Gasteiger partial charge in [0.15, 0.2) is 0 Å². The molecule has 0 bridgehead atoms. The highest BCUT2D eigenvalue weighted by Crippen LogP contribution is 2.21. The van der Waals surface area contributed by atoms with E-state index >= 15 is 0 Å². The number of nitrogens with two attached hydrogens (primary N) is 2. The molecule has 0 radical (unpaired) electrons. The molecule has 6 nitrogen and oxygen atoms in total. The number of carbonyl (C=O) groups excluding carboxylic acids is 2. The highest BCUT2D eigenvalue weighted by atomic mass is 16.2. The van der Waals surface area contributed by atoms with Crippen LogP contribution in [-0.2, 0) is 0 Å². The van der Waals surface area contributed by atoms with E-state index in [1.807, 2.05) is 11.5 Å². The van der Waals surface area contributed by atoms with Gasteiger partial charge in [-0.15, -0.1) is 0 Å². The molecule has 0 saturated heterocycles. The lowest BCUT2D eigenvalue weighted by Crippen LogP contribution is -2.32. The second-order valence-electron chi connectivity index (χ2n) is 3.69. The monoisotopic (exact) mass is 244 g/mol. The minimum Gasteiger partial charge on any atom is -0.290 e. The quantitative estimate of drug-likeness (QED) is 0.340. The molecule has 0 saturated carbocycles. The molecule has 0 aliphatic heterocycles. The van der Waals surface area contributed by atoms with Crippen LogP contribution in [0.2, 0.25) is 0 Å². The van der Waals surface area contributed by atoms with Crippen molar-refractivity contribution in [1.82, 2.24) is 10.9 Å². The molecule has 2 amide bonds. The fourth-order valence-corrected chi connectivity index (χ4v) is 1.79. The van der Waals surface area contributed by atoms with Crippen molar-refractivity contribution in [3.8, 4) is 0 Å². The zero-order chi connectivity index (χ0) is 13.1. The van der Waals surface area contributed by atoms with Crippen LogP contribution in [0.1, 0.15) is 20.7 Å². The van der Waals surface area contributed by atoms with Gasteiger partial charge in [-0.2, -0.15) is 0 Å². The molecule has 2 aromatic carbocycles. The second kappa shape index (κ2) is 4.82. The van der Waals surface area contributed by atoms with Crippen molar-refractivity contribution in [2.75, 3.05) is 0 Å². The van der Waals surface area contributed by atoms with E-state index in [1.165, 1.54) is 6.07 Å². The van der Waals surface area contributed by atoms with Crippen LogP contribution >= 0.6 is 0 Å². The van der Waals surface area contributed by atoms with Crippen molar-refractivity contribution in [2.45, 2.75) is 0 Å². The van der Waals surface area contributed by atoms with Gasteiger partial charge >= 0.3 is 0 Å². The van der Waals surface area contributed by atoms with Crippen LogP contribution in [0.15, 0.2) is 36.4 Å². The van der Waals surface area contributed by atoms with Gasteiger partial charge in [-0.3, -0.25) is 20.4 Å². The normalized spacial score (nSPS) is 10.1. The van der Waals surface area contributed by atoms with Crippen molar-refractivity contribution in [3.63, 3.8) is 0 Å². The summed E-state index contributed by atoms with van der Waals surface area (Å²) >= 11 is 0. The molecule has 92 valence electrons. The average molecular weight is 244 g/mol. The van der Waals surface area contributed by atoms with Gasteiger partial charge in [0.05, 0.1) is 0 Å². The first-order chi connectivity index (χ1) is 8.67. The third-order valence-electron chi connectivity index (χ3n) is 2.63. The van der Waals surface area contributed by atoms with Gasteiger partial charge in [-0.1, -0.05) is 24.3 Å². The number of amides is 2. The Bertz CT molecular complexity index is 625. The third-order valence-corrected chi connectivity index (χ3v) is 2.63. The molecule has 0 aliphatic carbocycles. The topological polar surface area (TPSA) is 110 Å². The Morgan fingerprint density at radius 2 is 1.61 bits per heavy atom. The molecule has 0 heterocycles. The first-order valence-corrected chi connectivity index (χ1v) is 5.22. The maximum Gasteiger partial charge on any atom is 0.265 e. The number of carbonyl (C=O) groups is 2. The number of benzene rings is 2. The molecule has 0 atom stereocenters. The molecular formula is C12H12N4O2. The third kappa shape index (κ3) is 2.02. The Morgan fingerprint density at radius 3 is 2.28 bits per heavy atom. The summed E-state index contributed by atoms with van der Waals surface area (Å²) < 4.78 is 0. The largest absolute Gasteiger partial charge is 0.290 e. The molecule has 2 rings (SSSR count). The summed E-state index contributed by atoms with van der Waals surface area (Å²) in [4.78, 5) is 23.2. The van der Waals surface area contributed by atoms with E-state index < -0.39 is 11.8 Å². The zero-order valence-corrected chi connectivity index (χ0v) is 9.44. The number of hydrazine groups is 2. The number of hydrogen-bond acceptors (Lipinski definition) is 4. The van der Waals surface area contributed by atoms with Crippen LogP contribution in [0.5, 0.6) is 0 Å². The molecule has 0 unspecified atom stereocenters. The Morgan fingerprint density at radius 1 is 0.944 bits per heavy atom. The van der Waals surface area contributed by atoms with Crippen molar-refractivity contribution < 1.29 is 9.59 Å². The molecular weight excluding hydrogens is 232 g/mol. The smallest absolute Gasteiger partial charge is 0.265 e. The van der Waals surface area contributed by atoms with E-state index in [0.29, 0.717) is 16.5 Å². The summed E-state index contributed by atoms with van der Waals surface area (Å²) in [6.07, 6.45) is 0. The highest BCUT2D eigenvalue weighted by molar-refractivity contribution is 6.10. The number of fused-ring (bicyclic) bond motifs is 1. The predicted molar refractivity (Wildman–Crippen MR) is 67.3 cm³/mol. The van der Waals surface area contributed by atoms with E-state index in [-0.39, 0.29) is 0 Å². The number of rotatable bonds is 2. The molecule has 0 fully saturated rings.